The molecule has 1 aromatic rings. The number of hydrogen-bond donors (Lipinski definition) is 0. The molecule has 3 nitrogen and oxygen atoms in total. The lowest BCUT2D eigenvalue weighted by atomic mass is 9.69. The predicted octanol–water partition coefficient (Wildman–Crippen LogP) is 4.49. The van der Waals surface area contributed by atoms with E-state index in [9.17, 15) is 0 Å². The summed E-state index contributed by atoms with van der Waals surface area (Å²) in [4.78, 5) is 8.09. The third kappa shape index (κ3) is 2.34. The molecule has 2 aliphatic carbocycles. The third-order valence-corrected chi connectivity index (χ3v) is 7.40. The van der Waals surface area contributed by atoms with E-state index < -0.39 is 0 Å². The van der Waals surface area contributed by atoms with Gasteiger partial charge in [-0.15, -0.1) is 0 Å². The Labute approximate surface area is 150 Å². The minimum Gasteiger partial charge on any atom is -0.360 e. The molecular formula is C22H27N3. The molecule has 3 fully saturated rings. The molecule has 2 bridgehead atoms. The van der Waals surface area contributed by atoms with Crippen LogP contribution in [0.4, 0.5) is 0 Å². The number of likely N-dealkylation sites (tertiary alicyclic amines) is 1. The molecule has 0 radical (unpaired) electrons. The van der Waals surface area contributed by atoms with Gasteiger partial charge in [-0.3, -0.25) is 4.99 Å². The number of aliphatic imine (C=N–C) groups is 1. The van der Waals surface area contributed by atoms with Crippen LogP contribution < -0.4 is 0 Å². The largest absolute Gasteiger partial charge is 0.360 e. The molecule has 2 heterocycles. The summed E-state index contributed by atoms with van der Waals surface area (Å²) >= 11 is 0. The number of nitriles is 1. The number of hydrogen-bond acceptors (Lipinski definition) is 3. The summed E-state index contributed by atoms with van der Waals surface area (Å²) in [5.41, 5.74) is 2.35. The standard InChI is InChI=1S/C22H27N3/c23-15-16-4-6-17(7-5-16)21-18-8-9-19(14-18)22(21)11-10-20(24-22)25-12-2-1-3-13-25/h4-7,18-19,21H,1-3,8-14H2. The minimum atomic E-state index is 0.157. The van der Waals surface area contributed by atoms with Crippen molar-refractivity contribution < 1.29 is 0 Å². The van der Waals surface area contributed by atoms with Gasteiger partial charge in [0.15, 0.2) is 0 Å². The summed E-state index contributed by atoms with van der Waals surface area (Å²) in [6.45, 7) is 2.43. The van der Waals surface area contributed by atoms with Crippen LogP contribution in [-0.4, -0.2) is 29.4 Å². The summed E-state index contributed by atoms with van der Waals surface area (Å²) in [7, 11) is 0. The van der Waals surface area contributed by atoms with Crippen LogP contribution in [0.3, 0.4) is 0 Å². The van der Waals surface area contributed by atoms with E-state index >= 15 is 0 Å². The number of amidine groups is 1. The fourth-order valence-corrected chi connectivity index (χ4v) is 6.33. The Balaban J connectivity index is 1.50. The van der Waals surface area contributed by atoms with Gasteiger partial charge < -0.3 is 4.90 Å². The van der Waals surface area contributed by atoms with Gasteiger partial charge in [-0.2, -0.15) is 5.26 Å². The zero-order valence-corrected chi connectivity index (χ0v) is 15.0. The van der Waals surface area contributed by atoms with Gasteiger partial charge in [0, 0.05) is 25.4 Å². The highest BCUT2D eigenvalue weighted by Gasteiger charge is 2.60. The Hall–Kier alpha value is -1.82. The molecule has 0 amide bonds. The molecule has 0 aromatic heterocycles. The van der Waals surface area contributed by atoms with Gasteiger partial charge in [0.1, 0.15) is 0 Å². The topological polar surface area (TPSA) is 39.4 Å². The van der Waals surface area contributed by atoms with Crippen molar-refractivity contribution >= 4 is 5.84 Å². The second kappa shape index (κ2) is 5.87. The maximum atomic E-state index is 9.11. The molecule has 2 aliphatic heterocycles. The van der Waals surface area contributed by atoms with E-state index in [0.717, 1.165) is 17.4 Å². The van der Waals surface area contributed by atoms with Crippen LogP contribution in [0.1, 0.15) is 68.4 Å². The molecule has 4 atom stereocenters. The van der Waals surface area contributed by atoms with Crippen molar-refractivity contribution in [1.82, 2.24) is 4.90 Å². The Morgan fingerprint density at radius 3 is 2.64 bits per heavy atom. The van der Waals surface area contributed by atoms with E-state index in [1.807, 2.05) is 12.1 Å². The van der Waals surface area contributed by atoms with Gasteiger partial charge in [0.25, 0.3) is 0 Å². The van der Waals surface area contributed by atoms with Crippen molar-refractivity contribution in [3.05, 3.63) is 35.4 Å². The van der Waals surface area contributed by atoms with E-state index in [4.69, 9.17) is 10.3 Å². The fourth-order valence-electron chi connectivity index (χ4n) is 6.33. The van der Waals surface area contributed by atoms with Crippen LogP contribution in [0.5, 0.6) is 0 Å². The first-order valence-corrected chi connectivity index (χ1v) is 10.1. The molecule has 1 aromatic carbocycles. The first-order valence-electron chi connectivity index (χ1n) is 10.1. The van der Waals surface area contributed by atoms with Crippen molar-refractivity contribution in [2.24, 2.45) is 16.8 Å². The van der Waals surface area contributed by atoms with E-state index in [2.05, 4.69) is 23.1 Å². The second-order valence-electron chi connectivity index (χ2n) is 8.55. The Kier molecular flexibility index (Phi) is 3.62. The Bertz CT molecular complexity index is 723. The van der Waals surface area contributed by atoms with E-state index in [1.165, 1.54) is 75.9 Å². The van der Waals surface area contributed by atoms with E-state index in [-0.39, 0.29) is 5.54 Å². The third-order valence-electron chi connectivity index (χ3n) is 7.40. The zero-order valence-electron chi connectivity index (χ0n) is 15.0. The fraction of sp³-hybridized carbons (Fsp3) is 0.636. The molecule has 130 valence electrons. The number of piperidine rings is 1. The van der Waals surface area contributed by atoms with E-state index in [1.54, 1.807) is 0 Å². The molecule has 1 saturated heterocycles. The van der Waals surface area contributed by atoms with Crippen LogP contribution >= 0.6 is 0 Å². The quantitative estimate of drug-likeness (QED) is 0.759. The van der Waals surface area contributed by atoms with Crippen LogP contribution in [-0.2, 0) is 0 Å². The molecule has 0 N–H and O–H groups in total. The highest BCUT2D eigenvalue weighted by Crippen LogP contribution is 2.63. The molecule has 4 unspecified atom stereocenters. The molecule has 1 spiro atoms. The summed E-state index contributed by atoms with van der Waals surface area (Å²) in [6, 6.07) is 10.7. The first kappa shape index (κ1) is 15.4. The Morgan fingerprint density at radius 1 is 1.08 bits per heavy atom. The monoisotopic (exact) mass is 333 g/mol. The summed E-state index contributed by atoms with van der Waals surface area (Å²) in [5, 5.41) is 9.11. The smallest absolute Gasteiger partial charge is 0.0997 e. The maximum Gasteiger partial charge on any atom is 0.0997 e. The highest BCUT2D eigenvalue weighted by atomic mass is 15.2. The van der Waals surface area contributed by atoms with Crippen LogP contribution in [0.15, 0.2) is 29.3 Å². The summed E-state index contributed by atoms with van der Waals surface area (Å²) in [5.74, 6) is 3.55. The highest BCUT2D eigenvalue weighted by molar-refractivity contribution is 5.85. The van der Waals surface area contributed by atoms with Gasteiger partial charge in [0.2, 0.25) is 0 Å². The minimum absolute atomic E-state index is 0.157. The molecule has 2 saturated carbocycles. The zero-order chi connectivity index (χ0) is 16.9. The summed E-state index contributed by atoms with van der Waals surface area (Å²) < 4.78 is 0. The average Bonchev–Trinajstić information content (AvgIpc) is 3.38. The normalized spacial score (nSPS) is 36.7. The maximum absolute atomic E-state index is 9.11. The number of rotatable bonds is 1. The first-order chi connectivity index (χ1) is 12.3. The van der Waals surface area contributed by atoms with Gasteiger partial charge in [-0.1, -0.05) is 12.1 Å². The SMILES string of the molecule is N#Cc1ccc(C2C3CCC(C3)C23CCC(N2CCCCC2)=N3)cc1. The predicted molar refractivity (Wildman–Crippen MR) is 99.6 cm³/mol. The van der Waals surface area contributed by atoms with Gasteiger partial charge >= 0.3 is 0 Å². The van der Waals surface area contributed by atoms with Crippen LogP contribution in [0.2, 0.25) is 0 Å². The lowest BCUT2D eigenvalue weighted by Crippen LogP contribution is -2.39. The molecule has 4 aliphatic rings. The van der Waals surface area contributed by atoms with Crippen molar-refractivity contribution in [1.29, 1.82) is 5.26 Å². The average molecular weight is 333 g/mol. The van der Waals surface area contributed by atoms with Crippen molar-refractivity contribution in [3.63, 3.8) is 0 Å². The lowest BCUT2D eigenvalue weighted by molar-refractivity contribution is 0.234. The second-order valence-corrected chi connectivity index (χ2v) is 8.55. The van der Waals surface area contributed by atoms with E-state index in [0.29, 0.717) is 5.92 Å². The number of nitrogens with zero attached hydrogens (tertiary/aromatic N) is 3. The Morgan fingerprint density at radius 2 is 1.88 bits per heavy atom. The van der Waals surface area contributed by atoms with Crippen molar-refractivity contribution in [2.75, 3.05) is 13.1 Å². The van der Waals surface area contributed by atoms with Crippen molar-refractivity contribution in [3.8, 4) is 6.07 Å². The van der Waals surface area contributed by atoms with Gasteiger partial charge in [0.05, 0.1) is 23.0 Å². The molecule has 3 heteroatoms. The molecule has 5 rings (SSSR count). The van der Waals surface area contributed by atoms with Crippen molar-refractivity contribution in [2.45, 2.75) is 62.8 Å². The van der Waals surface area contributed by atoms with Crippen LogP contribution in [0.25, 0.3) is 0 Å². The summed E-state index contributed by atoms with van der Waals surface area (Å²) in [6.07, 6.45) is 10.6. The van der Waals surface area contributed by atoms with Gasteiger partial charge in [-0.05, 0) is 74.5 Å². The lowest BCUT2D eigenvalue weighted by Gasteiger charge is -2.39. The molecule has 25 heavy (non-hydrogen) atoms. The van der Waals surface area contributed by atoms with Gasteiger partial charge in [-0.25, -0.2) is 0 Å². The number of fused-ring (bicyclic) bond motifs is 3. The number of benzene rings is 1. The molecular weight excluding hydrogens is 306 g/mol. The van der Waals surface area contributed by atoms with Crippen LogP contribution in [0, 0.1) is 23.2 Å².